The summed E-state index contributed by atoms with van der Waals surface area (Å²) in [5.41, 5.74) is 1.27. The van der Waals surface area contributed by atoms with E-state index >= 15 is 0 Å². The standard InChI is InChI=1S/C16H10N4O2/c21-16-12(9-11-3-1-2-4-13(11)22-16)15-18-14(19-20-15)10-5-7-17-8-6-10/h1-9H,(H,18,19,20). The van der Waals surface area contributed by atoms with Gasteiger partial charge in [0.2, 0.25) is 0 Å². The Morgan fingerprint density at radius 1 is 1.05 bits per heavy atom. The average Bonchev–Trinajstić information content (AvgIpc) is 3.05. The summed E-state index contributed by atoms with van der Waals surface area (Å²) >= 11 is 0. The van der Waals surface area contributed by atoms with Crippen LogP contribution in [-0.2, 0) is 0 Å². The molecule has 1 N–H and O–H groups in total. The summed E-state index contributed by atoms with van der Waals surface area (Å²) in [6, 6.07) is 12.7. The van der Waals surface area contributed by atoms with Gasteiger partial charge in [0.1, 0.15) is 11.1 Å². The Morgan fingerprint density at radius 3 is 2.73 bits per heavy atom. The first kappa shape index (κ1) is 12.5. The predicted octanol–water partition coefficient (Wildman–Crippen LogP) is 2.64. The zero-order valence-electron chi connectivity index (χ0n) is 11.4. The van der Waals surface area contributed by atoms with E-state index in [1.165, 1.54) is 0 Å². The molecule has 0 saturated heterocycles. The van der Waals surface area contributed by atoms with Crippen molar-refractivity contribution in [3.63, 3.8) is 0 Å². The van der Waals surface area contributed by atoms with Crippen LogP contribution in [0.4, 0.5) is 0 Å². The first-order chi connectivity index (χ1) is 10.8. The maximum Gasteiger partial charge on any atom is 0.347 e. The van der Waals surface area contributed by atoms with Crippen LogP contribution in [0, 0.1) is 0 Å². The minimum atomic E-state index is -0.448. The molecule has 22 heavy (non-hydrogen) atoms. The van der Waals surface area contributed by atoms with E-state index in [9.17, 15) is 4.79 Å². The van der Waals surface area contributed by atoms with Crippen LogP contribution in [0.3, 0.4) is 0 Å². The van der Waals surface area contributed by atoms with E-state index in [0.29, 0.717) is 22.8 Å². The normalized spacial score (nSPS) is 10.9. The SMILES string of the molecule is O=c1oc2ccccc2cc1-c1nc(-c2ccncc2)n[nH]1. The van der Waals surface area contributed by atoms with Gasteiger partial charge in [0.15, 0.2) is 11.6 Å². The second kappa shape index (κ2) is 4.92. The highest BCUT2D eigenvalue weighted by Gasteiger charge is 2.13. The highest BCUT2D eigenvalue weighted by atomic mass is 16.4. The molecule has 0 unspecified atom stereocenters. The fourth-order valence-electron chi connectivity index (χ4n) is 2.24. The molecule has 106 valence electrons. The molecule has 3 aromatic heterocycles. The lowest BCUT2D eigenvalue weighted by molar-refractivity contribution is 0.563. The van der Waals surface area contributed by atoms with Crippen LogP contribution in [0.2, 0.25) is 0 Å². The third-order valence-corrected chi connectivity index (χ3v) is 3.32. The van der Waals surface area contributed by atoms with Crippen LogP contribution in [-0.4, -0.2) is 20.2 Å². The van der Waals surface area contributed by atoms with Crippen LogP contribution in [0.5, 0.6) is 0 Å². The zero-order chi connectivity index (χ0) is 14.9. The Labute approximate surface area is 124 Å². The van der Waals surface area contributed by atoms with Crippen molar-refractivity contribution in [1.29, 1.82) is 0 Å². The molecule has 0 aliphatic rings. The van der Waals surface area contributed by atoms with Gasteiger partial charge >= 0.3 is 5.63 Å². The number of pyridine rings is 1. The van der Waals surface area contributed by atoms with Crippen LogP contribution >= 0.6 is 0 Å². The second-order valence-electron chi connectivity index (χ2n) is 4.73. The van der Waals surface area contributed by atoms with E-state index in [4.69, 9.17) is 4.42 Å². The van der Waals surface area contributed by atoms with E-state index in [1.807, 2.05) is 18.2 Å². The number of benzene rings is 1. The fraction of sp³-hybridized carbons (Fsp3) is 0. The van der Waals surface area contributed by atoms with Crippen LogP contribution < -0.4 is 5.63 Å². The first-order valence-corrected chi connectivity index (χ1v) is 6.67. The van der Waals surface area contributed by atoms with E-state index < -0.39 is 5.63 Å². The molecule has 0 atom stereocenters. The van der Waals surface area contributed by atoms with Crippen molar-refractivity contribution in [2.75, 3.05) is 0 Å². The highest BCUT2D eigenvalue weighted by Crippen LogP contribution is 2.20. The van der Waals surface area contributed by atoms with Gasteiger partial charge in [0, 0.05) is 23.3 Å². The molecule has 0 bridgehead atoms. The summed E-state index contributed by atoms with van der Waals surface area (Å²) in [7, 11) is 0. The third-order valence-electron chi connectivity index (χ3n) is 3.32. The monoisotopic (exact) mass is 290 g/mol. The zero-order valence-corrected chi connectivity index (χ0v) is 11.4. The van der Waals surface area contributed by atoms with Crippen LogP contribution in [0.25, 0.3) is 33.7 Å². The maximum atomic E-state index is 12.1. The van der Waals surface area contributed by atoms with Crippen LogP contribution in [0.15, 0.2) is 64.1 Å². The average molecular weight is 290 g/mol. The van der Waals surface area contributed by atoms with Crippen molar-refractivity contribution in [2.24, 2.45) is 0 Å². The molecule has 4 aromatic rings. The molecule has 1 aromatic carbocycles. The topological polar surface area (TPSA) is 84.7 Å². The van der Waals surface area contributed by atoms with Gasteiger partial charge in [0.05, 0.1) is 0 Å². The summed E-state index contributed by atoms with van der Waals surface area (Å²) in [6.45, 7) is 0. The largest absolute Gasteiger partial charge is 0.422 e. The molecule has 0 amide bonds. The molecule has 0 radical (unpaired) electrons. The molecule has 0 aliphatic carbocycles. The fourth-order valence-corrected chi connectivity index (χ4v) is 2.24. The summed E-state index contributed by atoms with van der Waals surface area (Å²) < 4.78 is 5.31. The lowest BCUT2D eigenvalue weighted by atomic mass is 10.2. The highest BCUT2D eigenvalue weighted by molar-refractivity contribution is 5.80. The summed E-state index contributed by atoms with van der Waals surface area (Å²) in [5.74, 6) is 0.885. The minimum absolute atomic E-state index is 0.353. The van der Waals surface area contributed by atoms with Crippen molar-refractivity contribution in [3.05, 3.63) is 65.3 Å². The molecule has 6 heteroatoms. The Balaban J connectivity index is 1.84. The van der Waals surface area contributed by atoms with Crippen LogP contribution in [0.1, 0.15) is 0 Å². The van der Waals surface area contributed by atoms with E-state index in [1.54, 1.807) is 36.7 Å². The molecular formula is C16H10N4O2. The van der Waals surface area contributed by atoms with E-state index in [0.717, 1.165) is 10.9 Å². The van der Waals surface area contributed by atoms with Crippen molar-refractivity contribution >= 4 is 11.0 Å². The van der Waals surface area contributed by atoms with Crippen molar-refractivity contribution in [2.45, 2.75) is 0 Å². The van der Waals surface area contributed by atoms with E-state index in [-0.39, 0.29) is 0 Å². The third kappa shape index (κ3) is 2.07. The number of hydrogen-bond donors (Lipinski definition) is 1. The Bertz CT molecular complexity index is 1010. The van der Waals surface area contributed by atoms with Crippen molar-refractivity contribution in [3.8, 4) is 22.8 Å². The molecule has 6 nitrogen and oxygen atoms in total. The predicted molar refractivity (Wildman–Crippen MR) is 81.1 cm³/mol. The van der Waals surface area contributed by atoms with Crippen molar-refractivity contribution < 1.29 is 4.42 Å². The van der Waals surface area contributed by atoms with Gasteiger partial charge in [-0.15, -0.1) is 0 Å². The molecular weight excluding hydrogens is 280 g/mol. The second-order valence-corrected chi connectivity index (χ2v) is 4.73. The number of fused-ring (bicyclic) bond motifs is 1. The molecule has 0 saturated carbocycles. The molecule has 0 spiro atoms. The summed E-state index contributed by atoms with van der Waals surface area (Å²) in [6.07, 6.45) is 3.32. The van der Waals surface area contributed by atoms with Gasteiger partial charge in [-0.05, 0) is 24.3 Å². The van der Waals surface area contributed by atoms with Gasteiger partial charge in [-0.25, -0.2) is 9.78 Å². The van der Waals surface area contributed by atoms with Crippen molar-refractivity contribution in [1.82, 2.24) is 20.2 Å². The molecule has 0 aliphatic heterocycles. The number of hydrogen-bond acceptors (Lipinski definition) is 5. The number of aromatic amines is 1. The first-order valence-electron chi connectivity index (χ1n) is 6.67. The van der Waals surface area contributed by atoms with Gasteiger partial charge in [0.25, 0.3) is 0 Å². The van der Waals surface area contributed by atoms with Gasteiger partial charge in [-0.1, -0.05) is 18.2 Å². The quantitative estimate of drug-likeness (QED) is 0.574. The van der Waals surface area contributed by atoms with Gasteiger partial charge in [-0.3, -0.25) is 10.1 Å². The number of nitrogens with one attached hydrogen (secondary N) is 1. The van der Waals surface area contributed by atoms with Gasteiger partial charge < -0.3 is 4.42 Å². The maximum absolute atomic E-state index is 12.1. The lowest BCUT2D eigenvalue weighted by Crippen LogP contribution is -2.03. The lowest BCUT2D eigenvalue weighted by Gasteiger charge is -1.98. The summed E-state index contributed by atoms with van der Waals surface area (Å²) in [5, 5.41) is 7.76. The molecule has 0 fully saturated rings. The number of rotatable bonds is 2. The van der Waals surface area contributed by atoms with Gasteiger partial charge in [-0.2, -0.15) is 5.10 Å². The number of nitrogens with zero attached hydrogens (tertiary/aromatic N) is 3. The minimum Gasteiger partial charge on any atom is -0.422 e. The number of aromatic nitrogens is 4. The Hall–Kier alpha value is -3.28. The smallest absolute Gasteiger partial charge is 0.347 e. The molecule has 3 heterocycles. The molecule has 4 rings (SSSR count). The summed E-state index contributed by atoms with van der Waals surface area (Å²) in [4.78, 5) is 20.4. The Morgan fingerprint density at radius 2 is 1.86 bits per heavy atom. The Kier molecular flexibility index (Phi) is 2.79. The number of para-hydroxylation sites is 1. The van der Waals surface area contributed by atoms with E-state index in [2.05, 4.69) is 20.2 Å². The number of H-pyrrole nitrogens is 1.